The molecule has 2 heterocycles. The smallest absolute Gasteiger partial charge is 0.0804 e. The zero-order chi connectivity index (χ0) is 12.8. The van der Waals surface area contributed by atoms with Crippen LogP contribution in [0.25, 0.3) is 10.9 Å². The molecule has 0 saturated carbocycles. The molecule has 0 aliphatic carbocycles. The molecule has 1 aliphatic heterocycles. The Morgan fingerprint density at radius 1 is 1.44 bits per heavy atom. The van der Waals surface area contributed by atoms with Crippen molar-refractivity contribution in [2.24, 2.45) is 5.73 Å². The van der Waals surface area contributed by atoms with Crippen LogP contribution < -0.4 is 5.73 Å². The van der Waals surface area contributed by atoms with E-state index in [-0.39, 0.29) is 12.0 Å². The third-order valence-corrected chi connectivity index (χ3v) is 3.97. The standard InChI is InChI=1S/C14H18N2O2/c1-9-13(10-4-2-3-5-11(10)16-9)14(7-18-8-14)12(17)6-15/h2-5,12,16-17H,6-8,15H2,1H3. The molecule has 0 spiro atoms. The molecular formula is C14H18N2O2. The van der Waals surface area contributed by atoms with Crippen molar-refractivity contribution in [3.05, 3.63) is 35.5 Å². The van der Waals surface area contributed by atoms with Gasteiger partial charge in [-0.1, -0.05) is 18.2 Å². The van der Waals surface area contributed by atoms with Gasteiger partial charge in [-0.15, -0.1) is 0 Å². The summed E-state index contributed by atoms with van der Waals surface area (Å²) in [5.74, 6) is 0. The van der Waals surface area contributed by atoms with E-state index in [1.54, 1.807) is 0 Å². The number of para-hydroxylation sites is 1. The summed E-state index contributed by atoms with van der Waals surface area (Å²) in [5, 5.41) is 11.4. The SMILES string of the molecule is Cc1[nH]c2ccccc2c1C1(C(O)CN)COC1. The molecule has 1 unspecified atom stereocenters. The number of nitrogens with two attached hydrogens (primary N) is 1. The number of aromatic nitrogens is 1. The number of hydrogen-bond acceptors (Lipinski definition) is 3. The molecule has 1 saturated heterocycles. The van der Waals surface area contributed by atoms with E-state index in [1.807, 2.05) is 25.1 Å². The molecule has 1 aliphatic rings. The summed E-state index contributed by atoms with van der Waals surface area (Å²) < 4.78 is 5.36. The third-order valence-electron chi connectivity index (χ3n) is 3.97. The molecule has 18 heavy (non-hydrogen) atoms. The van der Waals surface area contributed by atoms with Crippen LogP contribution in [-0.2, 0) is 10.2 Å². The molecule has 2 aromatic rings. The second-order valence-electron chi connectivity index (χ2n) is 5.07. The van der Waals surface area contributed by atoms with Crippen molar-refractivity contribution in [1.29, 1.82) is 0 Å². The van der Waals surface area contributed by atoms with E-state index in [9.17, 15) is 5.11 Å². The van der Waals surface area contributed by atoms with Gasteiger partial charge in [0, 0.05) is 23.1 Å². The fourth-order valence-corrected chi connectivity index (χ4v) is 2.97. The minimum Gasteiger partial charge on any atom is -0.391 e. The average Bonchev–Trinajstić information content (AvgIpc) is 2.65. The first-order valence-corrected chi connectivity index (χ1v) is 6.23. The van der Waals surface area contributed by atoms with Gasteiger partial charge >= 0.3 is 0 Å². The van der Waals surface area contributed by atoms with Gasteiger partial charge in [-0.3, -0.25) is 0 Å². The fourth-order valence-electron chi connectivity index (χ4n) is 2.97. The molecule has 0 bridgehead atoms. The van der Waals surface area contributed by atoms with E-state index >= 15 is 0 Å². The molecule has 0 amide bonds. The van der Waals surface area contributed by atoms with Crippen LogP contribution in [0.1, 0.15) is 11.3 Å². The molecule has 4 nitrogen and oxygen atoms in total. The average molecular weight is 246 g/mol. The highest BCUT2D eigenvalue weighted by atomic mass is 16.5. The number of aliphatic hydroxyl groups excluding tert-OH is 1. The number of aromatic amines is 1. The summed E-state index contributed by atoms with van der Waals surface area (Å²) >= 11 is 0. The van der Waals surface area contributed by atoms with E-state index in [2.05, 4.69) is 11.1 Å². The number of ether oxygens (including phenoxy) is 1. The van der Waals surface area contributed by atoms with Crippen molar-refractivity contribution in [2.75, 3.05) is 19.8 Å². The van der Waals surface area contributed by atoms with E-state index in [1.165, 1.54) is 0 Å². The van der Waals surface area contributed by atoms with Crippen molar-refractivity contribution in [2.45, 2.75) is 18.4 Å². The number of H-pyrrole nitrogens is 1. The number of hydrogen-bond donors (Lipinski definition) is 3. The predicted octanol–water partition coefficient (Wildman–Crippen LogP) is 1.06. The fraction of sp³-hybridized carbons (Fsp3) is 0.429. The lowest BCUT2D eigenvalue weighted by atomic mass is 9.72. The van der Waals surface area contributed by atoms with E-state index in [0.717, 1.165) is 22.2 Å². The summed E-state index contributed by atoms with van der Waals surface area (Å²) in [6, 6.07) is 8.15. The van der Waals surface area contributed by atoms with Gasteiger partial charge in [-0.25, -0.2) is 0 Å². The Bertz CT molecular complexity index is 572. The second kappa shape index (κ2) is 4.09. The van der Waals surface area contributed by atoms with Crippen molar-refractivity contribution in [1.82, 2.24) is 4.98 Å². The molecular weight excluding hydrogens is 228 g/mol. The molecule has 96 valence electrons. The van der Waals surface area contributed by atoms with Crippen LogP contribution in [0, 0.1) is 6.92 Å². The Morgan fingerprint density at radius 3 is 2.78 bits per heavy atom. The van der Waals surface area contributed by atoms with Crippen molar-refractivity contribution >= 4 is 10.9 Å². The molecule has 1 aromatic heterocycles. The van der Waals surface area contributed by atoms with Crippen LogP contribution >= 0.6 is 0 Å². The van der Waals surface area contributed by atoms with E-state index in [4.69, 9.17) is 10.5 Å². The Morgan fingerprint density at radius 2 is 2.17 bits per heavy atom. The molecule has 1 aromatic carbocycles. The van der Waals surface area contributed by atoms with E-state index < -0.39 is 6.10 Å². The summed E-state index contributed by atoms with van der Waals surface area (Å²) in [6.45, 7) is 3.36. The van der Waals surface area contributed by atoms with E-state index in [0.29, 0.717) is 13.2 Å². The zero-order valence-electron chi connectivity index (χ0n) is 10.4. The first kappa shape index (κ1) is 11.7. The topological polar surface area (TPSA) is 71.3 Å². The lowest BCUT2D eigenvalue weighted by Crippen LogP contribution is -2.57. The van der Waals surface area contributed by atoms with Crippen molar-refractivity contribution in [3.8, 4) is 0 Å². The van der Waals surface area contributed by atoms with Crippen molar-refractivity contribution < 1.29 is 9.84 Å². The van der Waals surface area contributed by atoms with Crippen LogP contribution in [0.2, 0.25) is 0 Å². The molecule has 4 N–H and O–H groups in total. The third kappa shape index (κ3) is 1.43. The maximum absolute atomic E-state index is 10.3. The highest BCUT2D eigenvalue weighted by Crippen LogP contribution is 2.41. The van der Waals surface area contributed by atoms with Gasteiger partial charge in [0.1, 0.15) is 0 Å². The molecule has 1 fully saturated rings. The number of aliphatic hydroxyl groups is 1. The minimum absolute atomic E-state index is 0.252. The number of rotatable bonds is 3. The normalized spacial score (nSPS) is 19.7. The van der Waals surface area contributed by atoms with Crippen LogP contribution in [-0.4, -0.2) is 36.0 Å². The van der Waals surface area contributed by atoms with Gasteiger partial charge in [0.2, 0.25) is 0 Å². The Labute approximate surface area is 106 Å². The highest BCUT2D eigenvalue weighted by Gasteiger charge is 2.48. The van der Waals surface area contributed by atoms with Gasteiger partial charge in [-0.05, 0) is 18.6 Å². The largest absolute Gasteiger partial charge is 0.391 e. The Kier molecular flexibility index (Phi) is 2.66. The minimum atomic E-state index is -0.566. The molecule has 3 rings (SSSR count). The maximum Gasteiger partial charge on any atom is 0.0804 e. The monoisotopic (exact) mass is 246 g/mol. The first-order valence-electron chi connectivity index (χ1n) is 6.23. The lowest BCUT2D eigenvalue weighted by Gasteiger charge is -2.45. The molecule has 1 atom stereocenters. The van der Waals surface area contributed by atoms with Crippen molar-refractivity contribution in [3.63, 3.8) is 0 Å². The van der Waals surface area contributed by atoms with Gasteiger partial charge in [-0.2, -0.15) is 0 Å². The quantitative estimate of drug-likeness (QED) is 0.758. The number of benzene rings is 1. The Hall–Kier alpha value is -1.36. The van der Waals surface area contributed by atoms with Gasteiger partial charge in [0.05, 0.1) is 24.7 Å². The number of fused-ring (bicyclic) bond motifs is 1. The number of aryl methyl sites for hydroxylation is 1. The summed E-state index contributed by atoms with van der Waals surface area (Å²) in [7, 11) is 0. The first-order chi connectivity index (χ1) is 8.69. The Balaban J connectivity index is 2.21. The lowest BCUT2D eigenvalue weighted by molar-refractivity contribution is -0.116. The van der Waals surface area contributed by atoms with Crippen LogP contribution in [0.15, 0.2) is 24.3 Å². The summed E-state index contributed by atoms with van der Waals surface area (Å²) in [4.78, 5) is 3.37. The van der Waals surface area contributed by atoms with Gasteiger partial charge in [0.15, 0.2) is 0 Å². The van der Waals surface area contributed by atoms with Gasteiger partial charge in [0.25, 0.3) is 0 Å². The van der Waals surface area contributed by atoms with Crippen LogP contribution in [0.5, 0.6) is 0 Å². The highest BCUT2D eigenvalue weighted by molar-refractivity contribution is 5.86. The molecule has 4 heteroatoms. The summed E-state index contributed by atoms with van der Waals surface area (Å²) in [5.41, 5.74) is 8.65. The summed E-state index contributed by atoms with van der Waals surface area (Å²) in [6.07, 6.45) is -0.566. The maximum atomic E-state index is 10.3. The predicted molar refractivity (Wildman–Crippen MR) is 70.6 cm³/mol. The van der Waals surface area contributed by atoms with Crippen LogP contribution in [0.4, 0.5) is 0 Å². The zero-order valence-corrected chi connectivity index (χ0v) is 10.4. The second-order valence-corrected chi connectivity index (χ2v) is 5.07. The van der Waals surface area contributed by atoms with Gasteiger partial charge < -0.3 is 20.6 Å². The molecule has 0 radical (unpaired) electrons. The van der Waals surface area contributed by atoms with Crippen LogP contribution in [0.3, 0.4) is 0 Å². The number of nitrogens with one attached hydrogen (secondary N) is 1.